The first-order valence-corrected chi connectivity index (χ1v) is 9.09. The van der Waals surface area contributed by atoms with Crippen molar-refractivity contribution < 1.29 is 0 Å². The van der Waals surface area contributed by atoms with Crippen molar-refractivity contribution in [2.24, 2.45) is 0 Å². The van der Waals surface area contributed by atoms with E-state index in [4.69, 9.17) is 0 Å². The van der Waals surface area contributed by atoms with Crippen LogP contribution in [0.5, 0.6) is 0 Å². The minimum Gasteiger partial charge on any atom is -0.310 e. The normalized spacial score (nSPS) is 27.0. The molecule has 0 bridgehead atoms. The molecule has 1 unspecified atom stereocenters. The summed E-state index contributed by atoms with van der Waals surface area (Å²) in [5.41, 5.74) is 0.426. The summed E-state index contributed by atoms with van der Waals surface area (Å²) in [6.45, 7) is 8.25. The van der Waals surface area contributed by atoms with Gasteiger partial charge in [-0.3, -0.25) is 4.90 Å². The molecule has 2 fully saturated rings. The van der Waals surface area contributed by atoms with Gasteiger partial charge in [-0.25, -0.2) is 0 Å². The average molecular weight is 292 g/mol. The summed E-state index contributed by atoms with van der Waals surface area (Å²) < 4.78 is 0. The first kappa shape index (κ1) is 14.6. The molecule has 112 valence electrons. The van der Waals surface area contributed by atoms with Crippen molar-refractivity contribution >= 4 is 11.3 Å². The Bertz CT molecular complexity index is 434. The van der Waals surface area contributed by atoms with E-state index in [0.717, 1.165) is 6.54 Å². The number of nitrogens with zero attached hydrogens (tertiary/aromatic N) is 1. The summed E-state index contributed by atoms with van der Waals surface area (Å²) in [4.78, 5) is 5.80. The summed E-state index contributed by atoms with van der Waals surface area (Å²) in [5, 5.41) is 3.88. The van der Waals surface area contributed by atoms with Gasteiger partial charge in [0.05, 0.1) is 0 Å². The van der Waals surface area contributed by atoms with Gasteiger partial charge in [-0.15, -0.1) is 11.3 Å². The third-order valence-corrected chi connectivity index (χ3v) is 6.39. The van der Waals surface area contributed by atoms with Crippen molar-refractivity contribution in [3.05, 3.63) is 21.9 Å². The maximum absolute atomic E-state index is 3.88. The van der Waals surface area contributed by atoms with Crippen LogP contribution >= 0.6 is 11.3 Å². The number of aryl methyl sites for hydroxylation is 1. The van der Waals surface area contributed by atoms with Crippen LogP contribution in [0.15, 0.2) is 12.1 Å². The summed E-state index contributed by atoms with van der Waals surface area (Å²) in [5.74, 6) is 0. The SMILES string of the molecule is CCc1ccc(CN2CC3(CCCC3)NCCC2C)s1. The molecule has 0 radical (unpaired) electrons. The zero-order valence-corrected chi connectivity index (χ0v) is 13.8. The van der Waals surface area contributed by atoms with Gasteiger partial charge >= 0.3 is 0 Å². The monoisotopic (exact) mass is 292 g/mol. The van der Waals surface area contributed by atoms with E-state index in [1.165, 1.54) is 56.5 Å². The number of hydrogen-bond acceptors (Lipinski definition) is 3. The van der Waals surface area contributed by atoms with Crippen molar-refractivity contribution in [1.29, 1.82) is 0 Å². The fourth-order valence-electron chi connectivity index (χ4n) is 3.83. The fraction of sp³-hybridized carbons (Fsp3) is 0.765. The lowest BCUT2D eigenvalue weighted by molar-refractivity contribution is 0.161. The predicted octanol–water partition coefficient (Wildman–Crippen LogP) is 3.81. The molecule has 1 aromatic rings. The second-order valence-electron chi connectivity index (χ2n) is 6.68. The molecular weight excluding hydrogens is 264 g/mol. The van der Waals surface area contributed by atoms with Gasteiger partial charge in [0.1, 0.15) is 0 Å². The van der Waals surface area contributed by atoms with Crippen LogP contribution in [-0.2, 0) is 13.0 Å². The molecule has 1 spiro atoms. The Hall–Kier alpha value is -0.380. The van der Waals surface area contributed by atoms with Gasteiger partial charge < -0.3 is 5.32 Å². The summed E-state index contributed by atoms with van der Waals surface area (Å²) in [6.07, 6.45) is 8.03. The highest BCUT2D eigenvalue weighted by Crippen LogP contribution is 2.33. The highest BCUT2D eigenvalue weighted by molar-refractivity contribution is 7.11. The smallest absolute Gasteiger partial charge is 0.0331 e. The molecular formula is C17H28N2S. The van der Waals surface area contributed by atoms with Crippen molar-refractivity contribution in [2.45, 2.75) is 70.5 Å². The van der Waals surface area contributed by atoms with Crippen molar-refractivity contribution in [3.8, 4) is 0 Å². The van der Waals surface area contributed by atoms with Gasteiger partial charge in [-0.05, 0) is 51.3 Å². The molecule has 1 aliphatic carbocycles. The summed E-state index contributed by atoms with van der Waals surface area (Å²) >= 11 is 2.00. The maximum Gasteiger partial charge on any atom is 0.0331 e. The van der Waals surface area contributed by atoms with Crippen LogP contribution < -0.4 is 5.32 Å². The lowest BCUT2D eigenvalue weighted by Gasteiger charge is -2.35. The highest BCUT2D eigenvalue weighted by atomic mass is 32.1. The van der Waals surface area contributed by atoms with E-state index in [0.29, 0.717) is 11.6 Å². The number of rotatable bonds is 3. The van der Waals surface area contributed by atoms with E-state index in [1.54, 1.807) is 4.88 Å². The van der Waals surface area contributed by atoms with E-state index >= 15 is 0 Å². The maximum atomic E-state index is 3.88. The Morgan fingerprint density at radius 3 is 2.75 bits per heavy atom. The van der Waals surface area contributed by atoms with E-state index in [1.807, 2.05) is 11.3 Å². The zero-order valence-electron chi connectivity index (χ0n) is 13.0. The first-order valence-electron chi connectivity index (χ1n) is 8.27. The Kier molecular flexibility index (Phi) is 4.49. The molecule has 1 N–H and O–H groups in total. The van der Waals surface area contributed by atoms with Crippen LogP contribution in [0.25, 0.3) is 0 Å². The number of thiophene rings is 1. The van der Waals surface area contributed by atoms with Gasteiger partial charge in [0, 0.05) is 34.4 Å². The Morgan fingerprint density at radius 2 is 2.05 bits per heavy atom. The molecule has 0 aromatic carbocycles. The number of nitrogens with one attached hydrogen (secondary N) is 1. The van der Waals surface area contributed by atoms with E-state index in [9.17, 15) is 0 Å². The third-order valence-electron chi connectivity index (χ3n) is 5.18. The lowest BCUT2D eigenvalue weighted by atomic mass is 9.97. The molecule has 20 heavy (non-hydrogen) atoms. The van der Waals surface area contributed by atoms with Crippen LogP contribution in [-0.4, -0.2) is 29.6 Å². The standard InChI is InChI=1S/C17H28N2S/c1-3-15-6-7-16(20-15)12-19-13-17(9-4-5-10-17)18-11-8-14(19)2/h6-7,14,18H,3-5,8-13H2,1-2H3. The molecule has 3 heteroatoms. The van der Waals surface area contributed by atoms with Crippen molar-refractivity contribution in [2.75, 3.05) is 13.1 Å². The van der Waals surface area contributed by atoms with Crippen LogP contribution in [0.1, 0.15) is 55.7 Å². The largest absolute Gasteiger partial charge is 0.310 e. The topological polar surface area (TPSA) is 15.3 Å². The molecule has 1 atom stereocenters. The van der Waals surface area contributed by atoms with E-state index < -0.39 is 0 Å². The quantitative estimate of drug-likeness (QED) is 0.911. The minimum absolute atomic E-state index is 0.426. The van der Waals surface area contributed by atoms with Crippen LogP contribution in [0.3, 0.4) is 0 Å². The molecule has 1 aliphatic heterocycles. The van der Waals surface area contributed by atoms with Crippen LogP contribution in [0.2, 0.25) is 0 Å². The van der Waals surface area contributed by atoms with Crippen molar-refractivity contribution in [3.63, 3.8) is 0 Å². The second kappa shape index (κ2) is 6.17. The molecule has 1 saturated carbocycles. The Labute approximate surface area is 127 Å². The van der Waals surface area contributed by atoms with Gasteiger partial charge in [-0.2, -0.15) is 0 Å². The fourth-order valence-corrected chi connectivity index (χ4v) is 4.81. The predicted molar refractivity (Wildman–Crippen MR) is 87.4 cm³/mol. The molecule has 2 nitrogen and oxygen atoms in total. The average Bonchev–Trinajstić information content (AvgIpc) is 3.04. The molecule has 2 aliphatic rings. The molecule has 1 saturated heterocycles. The minimum atomic E-state index is 0.426. The Balaban J connectivity index is 1.71. The first-order chi connectivity index (χ1) is 9.71. The zero-order chi connectivity index (χ0) is 14.0. The molecule has 0 amide bonds. The molecule has 1 aromatic heterocycles. The van der Waals surface area contributed by atoms with Gasteiger partial charge in [-0.1, -0.05) is 19.8 Å². The van der Waals surface area contributed by atoms with Crippen LogP contribution in [0, 0.1) is 0 Å². The van der Waals surface area contributed by atoms with E-state index in [2.05, 4.69) is 36.2 Å². The highest BCUT2D eigenvalue weighted by Gasteiger charge is 2.38. The lowest BCUT2D eigenvalue weighted by Crippen LogP contribution is -2.49. The molecule has 3 rings (SSSR count). The van der Waals surface area contributed by atoms with E-state index in [-0.39, 0.29) is 0 Å². The summed E-state index contributed by atoms with van der Waals surface area (Å²) in [7, 11) is 0. The second-order valence-corrected chi connectivity index (χ2v) is 7.93. The van der Waals surface area contributed by atoms with Crippen LogP contribution in [0.4, 0.5) is 0 Å². The van der Waals surface area contributed by atoms with Gasteiger partial charge in [0.15, 0.2) is 0 Å². The van der Waals surface area contributed by atoms with Gasteiger partial charge in [0.2, 0.25) is 0 Å². The molecule has 2 heterocycles. The van der Waals surface area contributed by atoms with Gasteiger partial charge in [0.25, 0.3) is 0 Å². The Morgan fingerprint density at radius 1 is 1.30 bits per heavy atom. The summed E-state index contributed by atoms with van der Waals surface area (Å²) in [6, 6.07) is 5.36. The third kappa shape index (κ3) is 3.10. The van der Waals surface area contributed by atoms with Crippen molar-refractivity contribution in [1.82, 2.24) is 10.2 Å². The number of hydrogen-bond donors (Lipinski definition) is 1.